The predicted octanol–water partition coefficient (Wildman–Crippen LogP) is 16.9. The summed E-state index contributed by atoms with van der Waals surface area (Å²) in [4.78, 5) is 37.9. The van der Waals surface area contributed by atoms with Crippen molar-refractivity contribution in [3.8, 4) is 0 Å². The Morgan fingerprint density at radius 3 is 0.966 bits per heavy atom. The molecule has 0 saturated carbocycles. The molecule has 0 fully saturated rings. The average Bonchev–Trinajstić information content (AvgIpc) is 3.22. The lowest BCUT2D eigenvalue weighted by atomic mass is 9.99. The summed E-state index contributed by atoms with van der Waals surface area (Å²) in [6, 6.07) is 0. The van der Waals surface area contributed by atoms with Crippen LogP contribution in [0, 0.1) is 11.8 Å². The van der Waals surface area contributed by atoms with E-state index in [9.17, 15) is 14.4 Å². The third-order valence-electron chi connectivity index (χ3n) is 12.3. The van der Waals surface area contributed by atoms with Crippen molar-refractivity contribution in [2.24, 2.45) is 11.8 Å². The van der Waals surface area contributed by atoms with E-state index in [1.165, 1.54) is 180 Å². The second-order valence-electron chi connectivity index (χ2n) is 18.9. The molecule has 6 nitrogen and oxygen atoms in total. The molecule has 0 bridgehead atoms. The van der Waals surface area contributed by atoms with Gasteiger partial charge < -0.3 is 14.2 Å². The number of carbonyl (C=O) groups excluding carboxylic acids is 3. The number of carbonyl (C=O) groups is 3. The van der Waals surface area contributed by atoms with E-state index in [1.54, 1.807) is 0 Å². The van der Waals surface area contributed by atoms with Crippen molar-refractivity contribution in [3.63, 3.8) is 0 Å². The molecule has 0 aliphatic carbocycles. The molecule has 0 radical (unpaired) electrons. The highest BCUT2D eigenvalue weighted by atomic mass is 16.6. The molecule has 0 heterocycles. The second kappa shape index (κ2) is 45.9. The third kappa shape index (κ3) is 45.8. The Balaban J connectivity index is 4.29. The zero-order valence-electron chi connectivity index (χ0n) is 40.4. The Morgan fingerprint density at radius 1 is 0.356 bits per heavy atom. The van der Waals surface area contributed by atoms with E-state index in [0.29, 0.717) is 19.3 Å². The van der Waals surface area contributed by atoms with Crippen LogP contribution in [0.2, 0.25) is 0 Å². The van der Waals surface area contributed by atoms with Gasteiger partial charge in [0.15, 0.2) is 6.10 Å². The number of rotatable bonds is 47. The Morgan fingerprint density at radius 2 is 0.644 bits per heavy atom. The molecule has 0 N–H and O–H groups in total. The van der Waals surface area contributed by atoms with Crippen LogP contribution in [-0.2, 0) is 28.6 Å². The van der Waals surface area contributed by atoms with Crippen LogP contribution in [-0.4, -0.2) is 37.2 Å². The van der Waals surface area contributed by atoms with Crippen molar-refractivity contribution in [1.82, 2.24) is 0 Å². The maximum Gasteiger partial charge on any atom is 0.306 e. The largest absolute Gasteiger partial charge is 0.462 e. The van der Waals surface area contributed by atoms with Crippen molar-refractivity contribution in [1.29, 1.82) is 0 Å². The van der Waals surface area contributed by atoms with Gasteiger partial charge in [0.05, 0.1) is 0 Å². The molecule has 0 aromatic rings. The van der Waals surface area contributed by atoms with Crippen molar-refractivity contribution in [2.75, 3.05) is 13.2 Å². The Labute approximate surface area is 368 Å². The maximum atomic E-state index is 12.8. The second-order valence-corrected chi connectivity index (χ2v) is 18.9. The SMILES string of the molecule is CCCCCCCCCCCCCC(=O)O[C@@H](COC(=O)CCCCCCCCCCCCCCCC(C)C)COC(=O)CCCCCCCCCCCCC(C)CC. The van der Waals surface area contributed by atoms with E-state index in [2.05, 4.69) is 34.6 Å². The summed E-state index contributed by atoms with van der Waals surface area (Å²) in [6.07, 6.45) is 46.5. The normalized spacial score (nSPS) is 12.5. The minimum Gasteiger partial charge on any atom is -0.462 e. The molecule has 0 aromatic heterocycles. The van der Waals surface area contributed by atoms with Gasteiger partial charge in [0, 0.05) is 19.3 Å². The van der Waals surface area contributed by atoms with Crippen LogP contribution in [0.1, 0.15) is 291 Å². The van der Waals surface area contributed by atoms with Crippen LogP contribution in [0.5, 0.6) is 0 Å². The maximum absolute atomic E-state index is 12.8. The summed E-state index contributed by atoms with van der Waals surface area (Å²) in [5.74, 6) is 0.862. The number of esters is 3. The van der Waals surface area contributed by atoms with Gasteiger partial charge in [-0.1, -0.05) is 253 Å². The zero-order valence-corrected chi connectivity index (χ0v) is 40.4. The molecule has 0 saturated heterocycles. The van der Waals surface area contributed by atoms with Crippen LogP contribution >= 0.6 is 0 Å². The highest BCUT2D eigenvalue weighted by Crippen LogP contribution is 2.18. The lowest BCUT2D eigenvalue weighted by Crippen LogP contribution is -2.30. The van der Waals surface area contributed by atoms with E-state index in [4.69, 9.17) is 14.2 Å². The quantitative estimate of drug-likeness (QED) is 0.0345. The number of unbranched alkanes of at least 4 members (excludes halogenated alkanes) is 31. The highest BCUT2D eigenvalue weighted by molar-refractivity contribution is 5.71. The minimum absolute atomic E-state index is 0.0636. The molecular formula is C53H102O6. The van der Waals surface area contributed by atoms with E-state index < -0.39 is 6.10 Å². The molecule has 6 heteroatoms. The fourth-order valence-corrected chi connectivity index (χ4v) is 7.96. The summed E-state index contributed by atoms with van der Waals surface area (Å²) in [5, 5.41) is 0. The molecule has 0 aliphatic heterocycles. The first-order valence-electron chi connectivity index (χ1n) is 26.3. The molecular weight excluding hydrogens is 733 g/mol. The van der Waals surface area contributed by atoms with Crippen molar-refractivity contribution >= 4 is 17.9 Å². The zero-order chi connectivity index (χ0) is 43.3. The average molecular weight is 835 g/mol. The minimum atomic E-state index is -0.761. The van der Waals surface area contributed by atoms with E-state index in [0.717, 1.165) is 69.6 Å². The van der Waals surface area contributed by atoms with Crippen LogP contribution in [0.3, 0.4) is 0 Å². The Hall–Kier alpha value is -1.59. The molecule has 2 atom stereocenters. The fourth-order valence-electron chi connectivity index (χ4n) is 7.96. The van der Waals surface area contributed by atoms with Crippen molar-refractivity contribution in [2.45, 2.75) is 298 Å². The van der Waals surface area contributed by atoms with Gasteiger partial charge in [0.1, 0.15) is 13.2 Å². The Kier molecular flexibility index (Phi) is 44.7. The number of hydrogen-bond acceptors (Lipinski definition) is 6. The number of hydrogen-bond donors (Lipinski definition) is 0. The fraction of sp³-hybridized carbons (Fsp3) is 0.943. The smallest absolute Gasteiger partial charge is 0.306 e. The van der Waals surface area contributed by atoms with Gasteiger partial charge in [-0.25, -0.2) is 0 Å². The van der Waals surface area contributed by atoms with E-state index >= 15 is 0 Å². The van der Waals surface area contributed by atoms with Gasteiger partial charge in [-0.15, -0.1) is 0 Å². The van der Waals surface area contributed by atoms with Gasteiger partial charge in [0.2, 0.25) is 0 Å². The lowest BCUT2D eigenvalue weighted by molar-refractivity contribution is -0.167. The summed E-state index contributed by atoms with van der Waals surface area (Å²) in [5.41, 5.74) is 0. The van der Waals surface area contributed by atoms with Gasteiger partial charge in [-0.05, 0) is 31.1 Å². The van der Waals surface area contributed by atoms with Crippen LogP contribution in [0.4, 0.5) is 0 Å². The summed E-state index contributed by atoms with van der Waals surface area (Å²) in [6.45, 7) is 11.4. The van der Waals surface area contributed by atoms with Gasteiger partial charge in [-0.2, -0.15) is 0 Å². The first kappa shape index (κ1) is 57.4. The van der Waals surface area contributed by atoms with Crippen molar-refractivity contribution < 1.29 is 28.6 Å². The molecule has 350 valence electrons. The molecule has 0 rings (SSSR count). The topological polar surface area (TPSA) is 78.9 Å². The first-order chi connectivity index (χ1) is 28.8. The van der Waals surface area contributed by atoms with Crippen LogP contribution in [0.25, 0.3) is 0 Å². The summed E-state index contributed by atoms with van der Waals surface area (Å²) in [7, 11) is 0. The van der Waals surface area contributed by atoms with Crippen LogP contribution in [0.15, 0.2) is 0 Å². The standard InChI is InChI=1S/C53H102O6/c1-6-8-9-10-11-12-16-25-30-35-40-45-53(56)59-50(47-58-52(55)44-39-34-29-24-20-19-22-27-32-37-42-49(5)7-2)46-57-51(54)43-38-33-28-23-18-15-13-14-17-21-26-31-36-41-48(3)4/h48-50H,6-47H2,1-5H3/t49?,50-/m0/s1. The van der Waals surface area contributed by atoms with E-state index in [-0.39, 0.29) is 31.1 Å². The molecule has 1 unspecified atom stereocenters. The summed E-state index contributed by atoms with van der Waals surface area (Å²) < 4.78 is 16.8. The predicted molar refractivity (Wildman–Crippen MR) is 252 cm³/mol. The van der Waals surface area contributed by atoms with Gasteiger partial charge in [-0.3, -0.25) is 14.4 Å². The van der Waals surface area contributed by atoms with Gasteiger partial charge >= 0.3 is 17.9 Å². The monoisotopic (exact) mass is 835 g/mol. The molecule has 59 heavy (non-hydrogen) atoms. The molecule has 0 aliphatic rings. The first-order valence-corrected chi connectivity index (χ1v) is 26.3. The number of ether oxygens (including phenoxy) is 3. The molecule has 0 amide bonds. The summed E-state index contributed by atoms with van der Waals surface area (Å²) >= 11 is 0. The molecule has 0 spiro atoms. The highest BCUT2D eigenvalue weighted by Gasteiger charge is 2.19. The van der Waals surface area contributed by atoms with Crippen LogP contribution < -0.4 is 0 Å². The Bertz CT molecular complexity index is 902. The third-order valence-corrected chi connectivity index (χ3v) is 12.3. The molecule has 0 aromatic carbocycles. The lowest BCUT2D eigenvalue weighted by Gasteiger charge is -2.18. The van der Waals surface area contributed by atoms with Crippen molar-refractivity contribution in [3.05, 3.63) is 0 Å². The van der Waals surface area contributed by atoms with E-state index in [1.807, 2.05) is 0 Å². The van der Waals surface area contributed by atoms with Gasteiger partial charge in [0.25, 0.3) is 0 Å².